The second-order valence-electron chi connectivity index (χ2n) is 5.76. The zero-order valence-electron chi connectivity index (χ0n) is 14.8. The Morgan fingerprint density at radius 1 is 1.12 bits per heavy atom. The predicted octanol–water partition coefficient (Wildman–Crippen LogP) is 3.68. The van der Waals surface area contributed by atoms with Gasteiger partial charge >= 0.3 is 0 Å². The summed E-state index contributed by atoms with van der Waals surface area (Å²) in [6.07, 6.45) is 0. The third kappa shape index (κ3) is 6.07. The smallest absolute Gasteiger partial charge is 0.193 e. The van der Waals surface area contributed by atoms with Crippen LogP contribution in [0.1, 0.15) is 16.5 Å². The van der Waals surface area contributed by atoms with Crippen molar-refractivity contribution in [2.45, 2.75) is 12.6 Å². The summed E-state index contributed by atoms with van der Waals surface area (Å²) < 4.78 is 0. The number of guanidine groups is 1. The minimum atomic E-state index is 0. The Labute approximate surface area is 166 Å². The van der Waals surface area contributed by atoms with E-state index in [9.17, 15) is 0 Å². The molecular formula is C18H27IN4S. The molecule has 0 aliphatic rings. The summed E-state index contributed by atoms with van der Waals surface area (Å²) in [7, 11) is 8.13. The van der Waals surface area contributed by atoms with Crippen LogP contribution in [0.15, 0.2) is 52.8 Å². The first-order valence-electron chi connectivity index (χ1n) is 7.77. The highest BCUT2D eigenvalue weighted by Crippen LogP contribution is 2.22. The van der Waals surface area contributed by atoms with Crippen LogP contribution in [0.25, 0.3) is 0 Å². The summed E-state index contributed by atoms with van der Waals surface area (Å²) in [5.74, 6) is 0.914. The number of aliphatic imine (C=N–C) groups is 1. The summed E-state index contributed by atoms with van der Waals surface area (Å²) in [6.45, 7) is 1.67. The van der Waals surface area contributed by atoms with Gasteiger partial charge in [-0.25, -0.2) is 0 Å². The first kappa shape index (κ1) is 20.9. The number of thiophene rings is 1. The van der Waals surface area contributed by atoms with E-state index in [1.807, 2.05) is 13.1 Å². The zero-order chi connectivity index (χ0) is 16.7. The molecule has 1 N–H and O–H groups in total. The van der Waals surface area contributed by atoms with E-state index in [0.717, 1.165) is 19.0 Å². The minimum Gasteiger partial charge on any atom is -0.354 e. The Kier molecular flexibility index (Phi) is 9.31. The molecule has 0 saturated heterocycles. The third-order valence-electron chi connectivity index (χ3n) is 3.78. The molecule has 1 unspecified atom stereocenters. The fraction of sp³-hybridized carbons (Fsp3) is 0.389. The van der Waals surface area contributed by atoms with Gasteiger partial charge in [-0.1, -0.05) is 36.4 Å². The first-order chi connectivity index (χ1) is 11.1. The number of likely N-dealkylation sites (N-methyl/N-ethyl adjacent to an activating group) is 1. The molecule has 0 fully saturated rings. The molecule has 0 amide bonds. The number of nitrogens with zero attached hydrogens (tertiary/aromatic N) is 3. The van der Waals surface area contributed by atoms with Gasteiger partial charge in [-0.3, -0.25) is 4.99 Å². The number of hydrogen-bond acceptors (Lipinski definition) is 3. The lowest BCUT2D eigenvalue weighted by atomic mass is 10.2. The Morgan fingerprint density at radius 3 is 2.38 bits per heavy atom. The van der Waals surface area contributed by atoms with Gasteiger partial charge in [-0.2, -0.15) is 0 Å². The maximum Gasteiger partial charge on any atom is 0.193 e. The van der Waals surface area contributed by atoms with Crippen molar-refractivity contribution < 1.29 is 0 Å². The minimum absolute atomic E-state index is 0. The molecule has 0 bridgehead atoms. The topological polar surface area (TPSA) is 30.9 Å². The summed E-state index contributed by atoms with van der Waals surface area (Å²) in [4.78, 5) is 10.2. The van der Waals surface area contributed by atoms with Gasteiger partial charge in [-0.05, 0) is 31.1 Å². The van der Waals surface area contributed by atoms with Crippen LogP contribution in [0.2, 0.25) is 0 Å². The lowest BCUT2D eigenvalue weighted by Crippen LogP contribution is -2.42. The summed E-state index contributed by atoms with van der Waals surface area (Å²) in [5, 5.41) is 5.63. The third-order valence-corrected chi connectivity index (χ3v) is 4.76. The van der Waals surface area contributed by atoms with Crippen molar-refractivity contribution in [2.24, 2.45) is 4.99 Å². The number of rotatable bonds is 6. The normalized spacial score (nSPS) is 12.6. The van der Waals surface area contributed by atoms with Crippen molar-refractivity contribution in [1.82, 2.24) is 15.1 Å². The molecule has 6 heteroatoms. The lowest BCUT2D eigenvalue weighted by Gasteiger charge is -2.27. The van der Waals surface area contributed by atoms with Crippen LogP contribution in [0.4, 0.5) is 0 Å². The molecule has 2 aromatic rings. The van der Waals surface area contributed by atoms with E-state index in [1.54, 1.807) is 11.3 Å². The largest absolute Gasteiger partial charge is 0.354 e. The molecule has 2 rings (SSSR count). The highest BCUT2D eigenvalue weighted by molar-refractivity contribution is 14.0. The molecule has 4 nitrogen and oxygen atoms in total. The molecule has 132 valence electrons. The number of nitrogens with one attached hydrogen (secondary N) is 1. The molecule has 1 heterocycles. The van der Waals surface area contributed by atoms with Crippen molar-refractivity contribution >= 4 is 41.3 Å². The predicted molar refractivity (Wildman–Crippen MR) is 115 cm³/mol. The van der Waals surface area contributed by atoms with Crippen LogP contribution in [-0.2, 0) is 6.54 Å². The average Bonchev–Trinajstić information content (AvgIpc) is 3.06. The van der Waals surface area contributed by atoms with Gasteiger partial charge in [0.2, 0.25) is 0 Å². The second kappa shape index (κ2) is 10.7. The van der Waals surface area contributed by atoms with Crippen LogP contribution in [0.5, 0.6) is 0 Å². The van der Waals surface area contributed by atoms with Crippen molar-refractivity contribution in [2.75, 3.05) is 34.7 Å². The molecule has 0 aliphatic heterocycles. The highest BCUT2D eigenvalue weighted by atomic mass is 127. The number of hydrogen-bond donors (Lipinski definition) is 1. The van der Waals surface area contributed by atoms with Crippen molar-refractivity contribution in [3.8, 4) is 0 Å². The van der Waals surface area contributed by atoms with E-state index in [-0.39, 0.29) is 24.0 Å². The van der Waals surface area contributed by atoms with Gasteiger partial charge in [0.15, 0.2) is 5.96 Å². The highest BCUT2D eigenvalue weighted by Gasteiger charge is 2.16. The molecule has 0 spiro atoms. The molecule has 0 aliphatic carbocycles. The molecule has 0 saturated carbocycles. The lowest BCUT2D eigenvalue weighted by molar-refractivity contribution is 0.299. The fourth-order valence-electron chi connectivity index (χ4n) is 2.52. The van der Waals surface area contributed by atoms with Gasteiger partial charge in [-0.15, -0.1) is 35.3 Å². The SMILES string of the molecule is CN=C(NCC(c1cccs1)N(C)C)N(C)Cc1ccccc1.I. The maximum absolute atomic E-state index is 4.41. The van der Waals surface area contributed by atoms with Crippen molar-refractivity contribution in [3.05, 3.63) is 58.3 Å². The zero-order valence-corrected chi connectivity index (χ0v) is 17.9. The Hall–Kier alpha value is -1.12. The van der Waals surface area contributed by atoms with Crippen LogP contribution in [0, 0.1) is 0 Å². The Morgan fingerprint density at radius 2 is 1.83 bits per heavy atom. The van der Waals surface area contributed by atoms with Gasteiger partial charge in [0.05, 0.1) is 6.04 Å². The maximum atomic E-state index is 4.41. The number of benzene rings is 1. The monoisotopic (exact) mass is 458 g/mol. The van der Waals surface area contributed by atoms with E-state index in [0.29, 0.717) is 6.04 Å². The Bertz CT molecular complexity index is 599. The fourth-order valence-corrected chi connectivity index (χ4v) is 3.45. The van der Waals surface area contributed by atoms with Gasteiger partial charge in [0.25, 0.3) is 0 Å². The van der Waals surface area contributed by atoms with Gasteiger partial charge in [0, 0.05) is 32.1 Å². The number of halogens is 1. The van der Waals surface area contributed by atoms with Crippen molar-refractivity contribution in [1.29, 1.82) is 0 Å². The molecule has 0 radical (unpaired) electrons. The molecular weight excluding hydrogens is 431 g/mol. The van der Waals surface area contributed by atoms with Gasteiger partial charge < -0.3 is 15.1 Å². The van der Waals surface area contributed by atoms with E-state index in [4.69, 9.17) is 0 Å². The van der Waals surface area contributed by atoms with Crippen LogP contribution in [0.3, 0.4) is 0 Å². The average molecular weight is 458 g/mol. The molecule has 1 aromatic heterocycles. The van der Waals surface area contributed by atoms with Gasteiger partial charge in [0.1, 0.15) is 0 Å². The van der Waals surface area contributed by atoms with Crippen LogP contribution in [-0.4, -0.2) is 50.5 Å². The van der Waals surface area contributed by atoms with E-state index in [2.05, 4.69) is 83.0 Å². The Balaban J connectivity index is 0.00000288. The summed E-state index contributed by atoms with van der Waals surface area (Å²) >= 11 is 1.79. The quantitative estimate of drug-likeness (QED) is 0.407. The van der Waals surface area contributed by atoms with Crippen LogP contribution < -0.4 is 5.32 Å². The van der Waals surface area contributed by atoms with Crippen molar-refractivity contribution in [3.63, 3.8) is 0 Å². The summed E-state index contributed by atoms with van der Waals surface area (Å²) in [5.41, 5.74) is 1.28. The summed E-state index contributed by atoms with van der Waals surface area (Å²) in [6, 6.07) is 15.1. The van der Waals surface area contributed by atoms with Crippen LogP contribution >= 0.6 is 35.3 Å². The molecule has 24 heavy (non-hydrogen) atoms. The standard InChI is InChI=1S/C18H26N4S.HI/c1-19-18(22(4)14-15-9-6-5-7-10-15)20-13-16(21(2)3)17-11-8-12-23-17;/h5-12,16H,13-14H2,1-4H3,(H,19,20);1H. The first-order valence-corrected chi connectivity index (χ1v) is 8.65. The van der Waals surface area contributed by atoms with E-state index < -0.39 is 0 Å². The van der Waals surface area contributed by atoms with E-state index in [1.165, 1.54) is 10.4 Å². The van der Waals surface area contributed by atoms with E-state index >= 15 is 0 Å². The molecule has 1 aromatic carbocycles. The second-order valence-corrected chi connectivity index (χ2v) is 6.74. The molecule has 1 atom stereocenters.